The van der Waals surface area contributed by atoms with Gasteiger partial charge in [0.1, 0.15) is 0 Å². The van der Waals surface area contributed by atoms with Gasteiger partial charge in [0, 0.05) is 24.1 Å². The van der Waals surface area contributed by atoms with E-state index < -0.39 is 12.0 Å². The lowest BCUT2D eigenvalue weighted by molar-refractivity contribution is -0.149. The first-order valence-corrected chi connectivity index (χ1v) is 6.11. The Morgan fingerprint density at radius 3 is 2.44 bits per heavy atom. The standard InChI is InChI=1S/C13H16ClNO3/c1-3-8-15(9(2)16)12(13(17)18)10-6-4-5-7-11(10)14/h4-7,12H,3,8H2,1-2H3,(H,17,18). The van der Waals surface area contributed by atoms with Crippen LogP contribution in [0.3, 0.4) is 0 Å². The van der Waals surface area contributed by atoms with E-state index in [1.165, 1.54) is 11.8 Å². The predicted molar refractivity (Wildman–Crippen MR) is 69.5 cm³/mol. The molecule has 0 fully saturated rings. The minimum Gasteiger partial charge on any atom is -0.479 e. The summed E-state index contributed by atoms with van der Waals surface area (Å²) >= 11 is 6.01. The molecule has 0 aliphatic heterocycles. The average Bonchev–Trinajstić information content (AvgIpc) is 2.30. The van der Waals surface area contributed by atoms with Crippen LogP contribution < -0.4 is 0 Å². The van der Waals surface area contributed by atoms with Crippen LogP contribution in [0.4, 0.5) is 0 Å². The third kappa shape index (κ3) is 3.23. The Kier molecular flexibility index (Phi) is 5.16. The summed E-state index contributed by atoms with van der Waals surface area (Å²) in [5.74, 6) is -1.35. The lowest BCUT2D eigenvalue weighted by atomic mass is 10.0. The quantitative estimate of drug-likeness (QED) is 0.894. The van der Waals surface area contributed by atoms with Crippen molar-refractivity contribution in [2.45, 2.75) is 26.3 Å². The molecule has 0 saturated carbocycles. The van der Waals surface area contributed by atoms with Crippen LogP contribution in [-0.2, 0) is 9.59 Å². The summed E-state index contributed by atoms with van der Waals surface area (Å²) in [6.45, 7) is 3.64. The molecule has 1 atom stereocenters. The van der Waals surface area contributed by atoms with Crippen molar-refractivity contribution in [2.75, 3.05) is 6.54 Å². The Balaban J connectivity index is 3.20. The van der Waals surface area contributed by atoms with Gasteiger partial charge >= 0.3 is 5.97 Å². The van der Waals surface area contributed by atoms with Gasteiger partial charge in [-0.3, -0.25) is 4.79 Å². The highest BCUT2D eigenvalue weighted by molar-refractivity contribution is 6.31. The van der Waals surface area contributed by atoms with Gasteiger partial charge in [-0.05, 0) is 12.5 Å². The number of amides is 1. The molecule has 1 aromatic carbocycles. The predicted octanol–water partition coefficient (Wildman–Crippen LogP) is 2.72. The van der Waals surface area contributed by atoms with Gasteiger partial charge in [-0.25, -0.2) is 4.79 Å². The van der Waals surface area contributed by atoms with Crippen molar-refractivity contribution in [3.63, 3.8) is 0 Å². The van der Waals surface area contributed by atoms with Crippen LogP contribution in [0, 0.1) is 0 Å². The second-order valence-corrected chi connectivity index (χ2v) is 4.38. The Morgan fingerprint density at radius 2 is 2.00 bits per heavy atom. The number of carboxylic acids is 1. The van der Waals surface area contributed by atoms with Crippen LogP contribution in [0.15, 0.2) is 24.3 Å². The molecule has 0 heterocycles. The zero-order valence-corrected chi connectivity index (χ0v) is 11.1. The number of carboxylic acid groups (broad SMARTS) is 1. The van der Waals surface area contributed by atoms with E-state index in [4.69, 9.17) is 11.6 Å². The number of hydrogen-bond donors (Lipinski definition) is 1. The summed E-state index contributed by atoms with van der Waals surface area (Å²) in [5, 5.41) is 9.70. The first kappa shape index (κ1) is 14.5. The van der Waals surface area contributed by atoms with Crippen molar-refractivity contribution in [2.24, 2.45) is 0 Å². The molecule has 18 heavy (non-hydrogen) atoms. The van der Waals surface area contributed by atoms with Crippen LogP contribution in [0.1, 0.15) is 31.9 Å². The van der Waals surface area contributed by atoms with E-state index in [0.29, 0.717) is 23.6 Å². The molecule has 1 aromatic rings. The van der Waals surface area contributed by atoms with Crippen LogP contribution >= 0.6 is 11.6 Å². The highest BCUT2D eigenvalue weighted by atomic mass is 35.5. The van der Waals surface area contributed by atoms with Gasteiger partial charge in [0.25, 0.3) is 0 Å². The lowest BCUT2D eigenvalue weighted by Gasteiger charge is -2.28. The Labute approximate surface area is 111 Å². The van der Waals surface area contributed by atoms with Crippen molar-refractivity contribution in [3.8, 4) is 0 Å². The largest absolute Gasteiger partial charge is 0.479 e. The molecule has 1 amide bonds. The number of rotatable bonds is 5. The maximum absolute atomic E-state index is 11.6. The van der Waals surface area contributed by atoms with Crippen LogP contribution in [0.5, 0.6) is 0 Å². The minimum absolute atomic E-state index is 0.274. The fraction of sp³-hybridized carbons (Fsp3) is 0.385. The first-order valence-electron chi connectivity index (χ1n) is 5.73. The number of halogens is 1. The third-order valence-electron chi connectivity index (χ3n) is 2.61. The zero-order chi connectivity index (χ0) is 13.7. The summed E-state index contributed by atoms with van der Waals surface area (Å²) in [6.07, 6.45) is 0.688. The molecule has 0 radical (unpaired) electrons. The Bertz CT molecular complexity index is 448. The fourth-order valence-corrected chi connectivity index (χ4v) is 2.08. The van der Waals surface area contributed by atoms with Gasteiger partial charge in [-0.2, -0.15) is 0 Å². The molecular weight excluding hydrogens is 254 g/mol. The maximum atomic E-state index is 11.6. The van der Waals surface area contributed by atoms with Gasteiger partial charge in [0.15, 0.2) is 6.04 Å². The molecule has 1 N–H and O–H groups in total. The molecule has 98 valence electrons. The van der Waals surface area contributed by atoms with Crippen LogP contribution in [0.2, 0.25) is 5.02 Å². The van der Waals surface area contributed by atoms with Gasteiger partial charge in [-0.1, -0.05) is 36.7 Å². The van der Waals surface area contributed by atoms with Gasteiger partial charge < -0.3 is 10.0 Å². The van der Waals surface area contributed by atoms with Crippen LogP contribution in [0.25, 0.3) is 0 Å². The van der Waals surface area contributed by atoms with E-state index in [0.717, 1.165) is 0 Å². The maximum Gasteiger partial charge on any atom is 0.331 e. The van der Waals surface area contributed by atoms with Gasteiger partial charge in [0.2, 0.25) is 5.91 Å². The minimum atomic E-state index is -1.08. The fourth-order valence-electron chi connectivity index (χ4n) is 1.84. The second kappa shape index (κ2) is 6.40. The summed E-state index contributed by atoms with van der Waals surface area (Å²) in [4.78, 5) is 24.3. The van der Waals surface area contributed by atoms with E-state index in [2.05, 4.69) is 0 Å². The highest BCUT2D eigenvalue weighted by Crippen LogP contribution is 2.28. The van der Waals surface area contributed by atoms with Crippen molar-refractivity contribution in [1.29, 1.82) is 0 Å². The molecule has 1 unspecified atom stereocenters. The van der Waals surface area contributed by atoms with Crippen molar-refractivity contribution < 1.29 is 14.7 Å². The molecule has 0 aliphatic rings. The summed E-state index contributed by atoms with van der Waals surface area (Å²) in [7, 11) is 0. The van der Waals surface area contributed by atoms with E-state index >= 15 is 0 Å². The molecule has 4 nitrogen and oxygen atoms in total. The number of aliphatic carboxylic acids is 1. The molecule has 0 bridgehead atoms. The molecular formula is C13H16ClNO3. The number of benzene rings is 1. The van der Waals surface area contributed by atoms with E-state index in [1.54, 1.807) is 24.3 Å². The third-order valence-corrected chi connectivity index (χ3v) is 2.96. The smallest absolute Gasteiger partial charge is 0.331 e. The molecule has 0 aliphatic carbocycles. The summed E-state index contributed by atoms with van der Waals surface area (Å²) < 4.78 is 0. The summed E-state index contributed by atoms with van der Waals surface area (Å²) in [5.41, 5.74) is 0.440. The van der Waals surface area contributed by atoms with E-state index in [1.807, 2.05) is 6.92 Å². The average molecular weight is 270 g/mol. The zero-order valence-electron chi connectivity index (χ0n) is 10.4. The number of carbonyl (C=O) groups is 2. The second-order valence-electron chi connectivity index (χ2n) is 3.97. The van der Waals surface area contributed by atoms with Crippen LogP contribution in [-0.4, -0.2) is 28.4 Å². The number of carbonyl (C=O) groups excluding carboxylic acids is 1. The van der Waals surface area contributed by atoms with Crippen molar-refractivity contribution in [3.05, 3.63) is 34.9 Å². The Hall–Kier alpha value is -1.55. The number of nitrogens with zero attached hydrogens (tertiary/aromatic N) is 1. The lowest BCUT2D eigenvalue weighted by Crippen LogP contribution is -2.38. The van der Waals surface area contributed by atoms with E-state index in [-0.39, 0.29) is 5.91 Å². The molecule has 0 saturated heterocycles. The number of hydrogen-bond acceptors (Lipinski definition) is 2. The van der Waals surface area contributed by atoms with Crippen molar-refractivity contribution in [1.82, 2.24) is 4.90 Å². The SMILES string of the molecule is CCCN(C(C)=O)C(C(=O)O)c1ccccc1Cl. The molecule has 0 aromatic heterocycles. The summed E-state index contributed by atoms with van der Waals surface area (Å²) in [6, 6.07) is 5.66. The normalized spacial score (nSPS) is 11.9. The van der Waals surface area contributed by atoms with Gasteiger partial charge in [0.05, 0.1) is 0 Å². The van der Waals surface area contributed by atoms with Crippen molar-refractivity contribution >= 4 is 23.5 Å². The highest BCUT2D eigenvalue weighted by Gasteiger charge is 2.30. The Morgan fingerprint density at radius 1 is 1.39 bits per heavy atom. The molecule has 1 rings (SSSR count). The van der Waals surface area contributed by atoms with Gasteiger partial charge in [-0.15, -0.1) is 0 Å². The molecule has 0 spiro atoms. The molecule has 5 heteroatoms. The first-order chi connectivity index (χ1) is 8.49. The topological polar surface area (TPSA) is 57.6 Å². The monoisotopic (exact) mass is 269 g/mol. The van der Waals surface area contributed by atoms with E-state index in [9.17, 15) is 14.7 Å².